The van der Waals surface area contributed by atoms with Gasteiger partial charge in [0.05, 0.1) is 30.0 Å². The Morgan fingerprint density at radius 1 is 1.18 bits per heavy atom. The number of hydrazone groups is 1. The zero-order valence-electron chi connectivity index (χ0n) is 20.5. The molecule has 0 saturated heterocycles. The number of aliphatic imine (C=N–C) groups is 1. The van der Waals surface area contributed by atoms with Gasteiger partial charge in [-0.15, -0.1) is 0 Å². The van der Waals surface area contributed by atoms with Crippen molar-refractivity contribution in [3.63, 3.8) is 0 Å². The molecule has 0 fully saturated rings. The number of hydrogen-bond donors (Lipinski definition) is 3. The smallest absolute Gasteiger partial charge is 0.390 e. The van der Waals surface area contributed by atoms with Crippen molar-refractivity contribution in [1.82, 2.24) is 14.4 Å². The maximum atomic E-state index is 13.9. The van der Waals surface area contributed by atoms with Crippen LogP contribution in [0.1, 0.15) is 32.6 Å². The second kappa shape index (κ2) is 10.8. The predicted molar refractivity (Wildman–Crippen MR) is 138 cm³/mol. The largest absolute Gasteiger partial charge is 0.417 e. The first-order chi connectivity index (χ1) is 18.1. The fourth-order valence-corrected chi connectivity index (χ4v) is 3.73. The molecule has 0 spiro atoms. The number of rotatable bonds is 7. The zero-order valence-corrected chi connectivity index (χ0v) is 20.5. The first-order valence-electron chi connectivity index (χ1n) is 11.4. The molecule has 0 aliphatic rings. The Hall–Kier alpha value is -4.58. The third-order valence-corrected chi connectivity index (χ3v) is 5.70. The van der Waals surface area contributed by atoms with E-state index in [1.54, 1.807) is 35.9 Å². The van der Waals surface area contributed by atoms with Gasteiger partial charge in [-0.25, -0.2) is 9.97 Å². The maximum absolute atomic E-state index is 13.9. The maximum Gasteiger partial charge on any atom is 0.417 e. The highest BCUT2D eigenvalue weighted by molar-refractivity contribution is 6.31. The number of alkyl halides is 3. The van der Waals surface area contributed by atoms with Crippen LogP contribution < -0.4 is 11.2 Å². The average molecular weight is 524 g/mol. The fourth-order valence-electron chi connectivity index (χ4n) is 3.73. The number of benzene rings is 2. The van der Waals surface area contributed by atoms with E-state index < -0.39 is 29.8 Å². The molecule has 38 heavy (non-hydrogen) atoms. The van der Waals surface area contributed by atoms with Crippen LogP contribution in [0.15, 0.2) is 65.1 Å². The lowest BCUT2D eigenvalue weighted by Crippen LogP contribution is -2.19. The number of carbonyl (C=O) groups excluding carboxylic acids is 1. The van der Waals surface area contributed by atoms with Crippen LogP contribution in [-0.2, 0) is 12.7 Å². The van der Waals surface area contributed by atoms with Crippen LogP contribution in [0, 0.1) is 13.8 Å². The highest BCUT2D eigenvalue weighted by Crippen LogP contribution is 2.34. The zero-order chi connectivity index (χ0) is 27.4. The number of nitrogens with one attached hydrogen (secondary N) is 1. The van der Waals surface area contributed by atoms with Gasteiger partial charge in [0.15, 0.2) is 0 Å². The number of fused-ring (bicyclic) bond motifs is 1. The SMILES string of the molecule is Cc1cnc2nc(-c3ccc(C)c(NC(=O)c4ccc(CN=C/C(CO)=N\N)cc4C(F)(F)F)c3)cn2c1. The molecule has 0 radical (unpaired) electrons. The molecule has 2 aromatic heterocycles. The van der Waals surface area contributed by atoms with Crippen molar-refractivity contribution in [1.29, 1.82) is 0 Å². The first-order valence-corrected chi connectivity index (χ1v) is 11.4. The number of anilines is 1. The molecule has 4 N–H and O–H groups in total. The van der Waals surface area contributed by atoms with Gasteiger partial charge < -0.3 is 16.3 Å². The van der Waals surface area contributed by atoms with Crippen LogP contribution in [0.2, 0.25) is 0 Å². The summed E-state index contributed by atoms with van der Waals surface area (Å²) in [5.74, 6) is 4.67. The van der Waals surface area contributed by atoms with Crippen LogP contribution in [0.25, 0.3) is 17.0 Å². The van der Waals surface area contributed by atoms with Gasteiger partial charge >= 0.3 is 6.18 Å². The standard InChI is InChI=1S/C26H24F3N7O2/c1-15-9-32-25-34-23(13-36(25)12-15)18-5-3-16(2)22(8-18)33-24(38)20-6-4-17(7-21(20)26(27,28)29)10-31-11-19(14-37)35-30/h3-9,11-13,37H,10,14,30H2,1-2H3,(H,33,38)/b31-11?,35-19+. The Morgan fingerprint density at radius 3 is 2.68 bits per heavy atom. The fraction of sp³-hybridized carbons (Fsp3) is 0.192. The summed E-state index contributed by atoms with van der Waals surface area (Å²) in [5.41, 5.74) is 1.92. The number of nitrogens with zero attached hydrogens (tertiary/aromatic N) is 5. The van der Waals surface area contributed by atoms with Crippen molar-refractivity contribution in [2.45, 2.75) is 26.6 Å². The van der Waals surface area contributed by atoms with Crippen molar-refractivity contribution in [3.05, 3.63) is 82.8 Å². The Kier molecular flexibility index (Phi) is 7.53. The molecule has 2 heterocycles. The number of carbonyl (C=O) groups is 1. The minimum absolute atomic E-state index is 0.0738. The summed E-state index contributed by atoms with van der Waals surface area (Å²) < 4.78 is 43.4. The van der Waals surface area contributed by atoms with Crippen molar-refractivity contribution in [2.24, 2.45) is 15.9 Å². The molecule has 0 aliphatic carbocycles. The second-order valence-corrected chi connectivity index (χ2v) is 8.57. The van der Waals surface area contributed by atoms with Gasteiger partial charge in [-0.2, -0.15) is 18.3 Å². The molecule has 2 aromatic carbocycles. The summed E-state index contributed by atoms with van der Waals surface area (Å²) in [6, 6.07) is 8.60. The Morgan fingerprint density at radius 2 is 1.97 bits per heavy atom. The number of nitrogens with two attached hydrogens (primary N) is 1. The van der Waals surface area contributed by atoms with E-state index in [9.17, 15) is 18.0 Å². The van der Waals surface area contributed by atoms with Gasteiger partial charge in [-0.05, 0) is 48.7 Å². The molecule has 4 rings (SSSR count). The monoisotopic (exact) mass is 523 g/mol. The van der Waals surface area contributed by atoms with E-state index in [0.29, 0.717) is 28.3 Å². The van der Waals surface area contributed by atoms with Crippen molar-refractivity contribution in [3.8, 4) is 11.3 Å². The molecule has 4 aromatic rings. The highest BCUT2D eigenvalue weighted by atomic mass is 19.4. The summed E-state index contributed by atoms with van der Waals surface area (Å²) in [6.45, 7) is 3.06. The molecule has 1 amide bonds. The molecule has 9 nitrogen and oxygen atoms in total. The van der Waals surface area contributed by atoms with Crippen LogP contribution >= 0.6 is 0 Å². The number of halogens is 3. The molecule has 0 saturated carbocycles. The summed E-state index contributed by atoms with van der Waals surface area (Å²) in [7, 11) is 0. The quantitative estimate of drug-likeness (QED) is 0.190. The number of hydrogen-bond acceptors (Lipinski definition) is 7. The Labute approximate surface area is 215 Å². The van der Waals surface area contributed by atoms with Crippen LogP contribution in [0.4, 0.5) is 18.9 Å². The minimum Gasteiger partial charge on any atom is -0.390 e. The van der Waals surface area contributed by atoms with Crippen LogP contribution in [0.3, 0.4) is 0 Å². The number of aryl methyl sites for hydroxylation is 2. The minimum atomic E-state index is -4.78. The van der Waals surface area contributed by atoms with Gasteiger partial charge in [-0.1, -0.05) is 18.2 Å². The van der Waals surface area contributed by atoms with E-state index in [1.807, 2.05) is 19.2 Å². The molecular formula is C26H24F3N7O2. The number of aromatic nitrogens is 3. The van der Waals surface area contributed by atoms with Gasteiger partial charge in [0.1, 0.15) is 5.71 Å². The van der Waals surface area contributed by atoms with E-state index in [-0.39, 0.29) is 17.8 Å². The molecule has 12 heteroatoms. The van der Waals surface area contributed by atoms with Gasteiger partial charge in [-0.3, -0.25) is 14.2 Å². The lowest BCUT2D eigenvalue weighted by atomic mass is 10.0. The van der Waals surface area contributed by atoms with Crippen molar-refractivity contribution < 1.29 is 23.1 Å². The van der Waals surface area contributed by atoms with Gasteiger partial charge in [0.25, 0.3) is 5.91 Å². The lowest BCUT2D eigenvalue weighted by Gasteiger charge is -2.15. The topological polar surface area (TPSA) is 130 Å². The number of aliphatic hydroxyl groups is 1. The molecule has 0 atom stereocenters. The predicted octanol–water partition coefficient (Wildman–Crippen LogP) is 4.16. The summed E-state index contributed by atoms with van der Waals surface area (Å²) in [4.78, 5) is 25.7. The molecule has 196 valence electrons. The Balaban J connectivity index is 1.61. The van der Waals surface area contributed by atoms with Crippen molar-refractivity contribution in [2.75, 3.05) is 11.9 Å². The van der Waals surface area contributed by atoms with E-state index >= 15 is 0 Å². The highest BCUT2D eigenvalue weighted by Gasteiger charge is 2.35. The third-order valence-electron chi connectivity index (χ3n) is 5.70. The summed E-state index contributed by atoms with van der Waals surface area (Å²) in [6.07, 6.45) is 1.76. The van der Waals surface area contributed by atoms with E-state index in [2.05, 4.69) is 25.4 Å². The lowest BCUT2D eigenvalue weighted by molar-refractivity contribution is -0.137. The second-order valence-electron chi connectivity index (χ2n) is 8.57. The molecule has 0 bridgehead atoms. The van der Waals surface area contributed by atoms with Gasteiger partial charge in [0.2, 0.25) is 5.78 Å². The number of aliphatic hydroxyl groups excluding tert-OH is 1. The van der Waals surface area contributed by atoms with E-state index in [1.165, 1.54) is 12.3 Å². The number of imidazole rings is 1. The molecule has 0 aliphatic heterocycles. The Bertz CT molecular complexity index is 1560. The van der Waals surface area contributed by atoms with E-state index in [4.69, 9.17) is 10.9 Å². The summed E-state index contributed by atoms with van der Waals surface area (Å²) >= 11 is 0. The summed E-state index contributed by atoms with van der Waals surface area (Å²) in [5, 5.41) is 14.9. The van der Waals surface area contributed by atoms with E-state index in [0.717, 1.165) is 17.7 Å². The molecular weight excluding hydrogens is 499 g/mol. The average Bonchev–Trinajstić information content (AvgIpc) is 3.30. The van der Waals surface area contributed by atoms with Crippen molar-refractivity contribution >= 4 is 29.3 Å². The normalized spacial score (nSPS) is 12.4. The van der Waals surface area contributed by atoms with Gasteiger partial charge in [0, 0.05) is 36.1 Å². The third kappa shape index (κ3) is 5.86. The first kappa shape index (κ1) is 26.5. The number of amides is 1. The van der Waals surface area contributed by atoms with Crippen LogP contribution in [-0.4, -0.2) is 43.9 Å². The van der Waals surface area contributed by atoms with Crippen LogP contribution in [0.5, 0.6) is 0 Å². The molecule has 0 unspecified atom stereocenters.